The van der Waals surface area contributed by atoms with E-state index in [-0.39, 0.29) is 0 Å². The molecule has 0 N–H and O–H groups in total. The van der Waals surface area contributed by atoms with Crippen molar-refractivity contribution < 1.29 is 13.9 Å². The summed E-state index contributed by atoms with van der Waals surface area (Å²) in [5, 5.41) is 0. The topological polar surface area (TPSA) is 37.9 Å². The van der Waals surface area contributed by atoms with Gasteiger partial charge in [-0.1, -0.05) is 215 Å². The molecule has 8 rings (SSSR count). The van der Waals surface area contributed by atoms with E-state index in [2.05, 4.69) is 182 Å². The third-order valence-electron chi connectivity index (χ3n) is 19.0. The zero-order valence-corrected chi connectivity index (χ0v) is 70.2. The van der Waals surface area contributed by atoms with Crippen LogP contribution in [0.2, 0.25) is 0 Å². The second kappa shape index (κ2) is 72.1. The maximum absolute atomic E-state index is 12.8. The predicted octanol–water partition coefficient (Wildman–Crippen LogP) is 24.1. The van der Waals surface area contributed by atoms with E-state index in [0.717, 1.165) is 67.2 Å². The number of halogens is 1. The van der Waals surface area contributed by atoms with Crippen LogP contribution in [0.1, 0.15) is 352 Å². The first kappa shape index (κ1) is 102. The number of methoxy groups -OCH3 is 2. The van der Waals surface area contributed by atoms with Gasteiger partial charge in [0.05, 0.1) is 0 Å². The highest BCUT2D eigenvalue weighted by Gasteiger charge is 2.45. The average Bonchev–Trinajstić information content (AvgIpc) is 1.63. The maximum Gasteiger partial charge on any atom is 0.133 e. The SMILES string of the molecule is C/C=C/C.CC1(F)CN(C2CC2)C1.CC1CCN(C)CC1.CC1CCN(C2CC2)CC1.CCC(C)C.CCCC.CCCC(C)(C)C.CCCCC.CCCCN1CCC(C)CC1.CCCCOC.CCCN1CCC(C)CC1.CCCN1CCC(C)CC1.CCCOC. The molecule has 9 heteroatoms. The first-order chi connectivity index (χ1) is 44.7. The van der Waals surface area contributed by atoms with Gasteiger partial charge in [-0.25, -0.2) is 4.39 Å². The van der Waals surface area contributed by atoms with Crippen molar-refractivity contribution in [1.82, 2.24) is 29.4 Å². The number of likely N-dealkylation sites (tertiary alicyclic amines) is 6. The number of unbranched alkanes of at least 4 members (excludes halogenated alkanes) is 5. The lowest BCUT2D eigenvalue weighted by atomic mass is 9.91. The third-order valence-corrected chi connectivity index (χ3v) is 19.0. The van der Waals surface area contributed by atoms with E-state index >= 15 is 0 Å². The van der Waals surface area contributed by atoms with Gasteiger partial charge in [0.25, 0.3) is 0 Å². The molecule has 8 nitrogen and oxygen atoms in total. The summed E-state index contributed by atoms with van der Waals surface area (Å²) < 4.78 is 22.3. The zero-order chi connectivity index (χ0) is 72.4. The fourth-order valence-corrected chi connectivity index (χ4v) is 10.9. The van der Waals surface area contributed by atoms with Crippen LogP contribution in [-0.4, -0.2) is 180 Å². The smallest absolute Gasteiger partial charge is 0.133 e. The van der Waals surface area contributed by atoms with Gasteiger partial charge in [0.15, 0.2) is 0 Å². The largest absolute Gasteiger partial charge is 0.385 e. The Bertz CT molecular complexity index is 1360. The lowest BCUT2D eigenvalue weighted by molar-refractivity contribution is -0.0227. The van der Waals surface area contributed by atoms with Crippen molar-refractivity contribution in [2.45, 2.75) is 370 Å². The van der Waals surface area contributed by atoms with Crippen LogP contribution in [0.5, 0.6) is 0 Å². The number of piperidine rings is 5. The van der Waals surface area contributed by atoms with Gasteiger partial charge < -0.3 is 34.0 Å². The Balaban J connectivity index is -0.000000308. The van der Waals surface area contributed by atoms with E-state index < -0.39 is 5.67 Å². The molecule has 0 spiro atoms. The zero-order valence-electron chi connectivity index (χ0n) is 70.2. The van der Waals surface area contributed by atoms with Gasteiger partial charge in [-0.05, 0) is 282 Å². The molecule has 0 unspecified atom stereocenters. The summed E-state index contributed by atoms with van der Waals surface area (Å²) in [6, 6.07) is 1.77. The highest BCUT2D eigenvalue weighted by molar-refractivity contribution is 4.99. The van der Waals surface area contributed by atoms with E-state index in [1.165, 1.54) is 265 Å². The summed E-state index contributed by atoms with van der Waals surface area (Å²) in [5.74, 6) is 5.80. The highest BCUT2D eigenvalue weighted by Crippen LogP contribution is 2.36. The van der Waals surface area contributed by atoms with Crippen molar-refractivity contribution >= 4 is 0 Å². The minimum absolute atomic E-state index is 0.550. The molecule has 6 heterocycles. The number of ether oxygens (including phenoxy) is 2. The lowest BCUT2D eigenvalue weighted by Gasteiger charge is -2.42. The molecule has 0 bridgehead atoms. The summed E-state index contributed by atoms with van der Waals surface area (Å²) >= 11 is 0. The normalized spacial score (nSPS) is 20.0. The van der Waals surface area contributed by atoms with Crippen molar-refractivity contribution in [2.75, 3.05) is 133 Å². The van der Waals surface area contributed by atoms with Gasteiger partial charge >= 0.3 is 0 Å². The molecule has 6 saturated heterocycles. The molecule has 0 aromatic carbocycles. The number of hydrogen-bond donors (Lipinski definition) is 0. The van der Waals surface area contributed by atoms with Crippen molar-refractivity contribution in [3.63, 3.8) is 0 Å². The van der Waals surface area contributed by atoms with E-state index in [0.29, 0.717) is 18.5 Å². The summed E-state index contributed by atoms with van der Waals surface area (Å²) in [4.78, 5) is 15.1. The standard InChI is InChI=1S/C10H21N.C9H17N.2C9H19N.C7H12FN.C7H15N.C7H16.C5H12O.2C5H12.C4H10O.C4H10.C4H8/c1-3-4-7-11-8-5-10(2)6-9-11;1-8-4-6-10(7-5-8)9-2-3-9;2*1-3-6-10-7-4-9(2)5-8-10;1-7(8)4-9(5-7)6-2-3-6;1-7-3-5-8(2)6-4-7;1-5-6-7(2,3)4;1-3-4-5-6-2;1-4-5(2)3;1-3-5-4-2;1-3-4-5-2;2*1-3-4-2/h10H,3-9H2,1-2H3;8-9H,2-7H2,1H3;2*9H,3-8H2,1-2H3;6H,2-5H2,1H3;7H,3-6H2,1-2H3;5-6H2,1-4H3;3-5H2,1-2H3;5H,4H2,1-3H3;3-5H2,1-2H3;3-4H2,1-2H3;3-4H2,1-2H3;3-4H,1-2H3/b;;;;;;;;;;;;4-3+. The second-order valence-corrected chi connectivity index (χ2v) is 31.9. The monoisotopic (exact) mass is 1340 g/mol. The van der Waals surface area contributed by atoms with Crippen LogP contribution in [0.25, 0.3) is 0 Å². The van der Waals surface area contributed by atoms with Crippen LogP contribution in [0.4, 0.5) is 4.39 Å². The molecule has 0 aromatic heterocycles. The number of nitrogens with zero attached hydrogens (tertiary/aromatic N) is 6. The number of hydrogen-bond acceptors (Lipinski definition) is 8. The quantitative estimate of drug-likeness (QED) is 0.0936. The molecule has 6 aliphatic heterocycles. The highest BCUT2D eigenvalue weighted by atomic mass is 19.1. The molecular formula is C85H183FN6O2. The van der Waals surface area contributed by atoms with Crippen molar-refractivity contribution in [1.29, 1.82) is 0 Å². The van der Waals surface area contributed by atoms with Crippen molar-refractivity contribution in [3.8, 4) is 0 Å². The molecule has 8 aliphatic rings. The molecular weight excluding hydrogens is 1160 g/mol. The van der Waals surface area contributed by atoms with Crippen LogP contribution in [0.15, 0.2) is 12.2 Å². The summed E-state index contributed by atoms with van der Waals surface area (Å²) in [6.07, 6.45) is 43.3. The van der Waals surface area contributed by atoms with Gasteiger partial charge in [0.1, 0.15) is 5.67 Å². The van der Waals surface area contributed by atoms with Crippen molar-refractivity contribution in [2.24, 2.45) is 40.9 Å². The molecule has 0 radical (unpaired) electrons. The molecule has 2 saturated carbocycles. The van der Waals surface area contributed by atoms with Crippen LogP contribution < -0.4 is 0 Å². The summed E-state index contributed by atoms with van der Waals surface area (Å²) in [5.41, 5.74) is -0.308. The molecule has 8 fully saturated rings. The Morgan fingerprint density at radius 1 is 0.415 bits per heavy atom. The van der Waals surface area contributed by atoms with E-state index in [9.17, 15) is 4.39 Å². The Labute approximate surface area is 596 Å². The minimum atomic E-state index is -0.859. The van der Waals surface area contributed by atoms with Gasteiger partial charge in [0.2, 0.25) is 0 Å². The third kappa shape index (κ3) is 77.1. The minimum Gasteiger partial charge on any atom is -0.385 e. The van der Waals surface area contributed by atoms with Crippen molar-refractivity contribution in [3.05, 3.63) is 12.2 Å². The van der Waals surface area contributed by atoms with Gasteiger partial charge in [-0.3, -0.25) is 4.90 Å². The fraction of sp³-hybridized carbons (Fsp3) is 0.976. The second-order valence-electron chi connectivity index (χ2n) is 31.9. The summed E-state index contributed by atoms with van der Waals surface area (Å²) in [7, 11) is 5.64. The Hall–Kier alpha value is -0.650. The molecule has 0 atom stereocenters. The first-order valence-corrected chi connectivity index (χ1v) is 41.3. The molecule has 2 aliphatic carbocycles. The number of allylic oxidation sites excluding steroid dienone is 2. The van der Waals surface area contributed by atoms with Gasteiger partial charge in [0, 0.05) is 52.6 Å². The van der Waals surface area contributed by atoms with Crippen LogP contribution in [-0.2, 0) is 9.47 Å². The first-order valence-electron chi connectivity index (χ1n) is 41.3. The molecule has 572 valence electrons. The average molecular weight is 1340 g/mol. The fourth-order valence-electron chi connectivity index (χ4n) is 10.9. The molecule has 0 aromatic rings. The molecule has 0 amide bonds. The lowest BCUT2D eigenvalue weighted by Crippen LogP contribution is -2.57. The van der Waals surface area contributed by atoms with Crippen LogP contribution >= 0.6 is 0 Å². The number of rotatable bonds is 19. The Kier molecular flexibility index (Phi) is 78.3. The van der Waals surface area contributed by atoms with E-state index in [1.54, 1.807) is 21.1 Å². The van der Waals surface area contributed by atoms with Gasteiger partial charge in [-0.15, -0.1) is 0 Å². The maximum atomic E-state index is 12.8. The Morgan fingerprint density at radius 2 is 0.734 bits per heavy atom. The van der Waals surface area contributed by atoms with Crippen LogP contribution in [0.3, 0.4) is 0 Å². The van der Waals surface area contributed by atoms with Crippen LogP contribution in [0, 0.1) is 40.9 Å². The predicted molar refractivity (Wildman–Crippen MR) is 428 cm³/mol. The van der Waals surface area contributed by atoms with E-state index in [1.807, 2.05) is 26.0 Å². The van der Waals surface area contributed by atoms with Gasteiger partial charge in [-0.2, -0.15) is 0 Å². The van der Waals surface area contributed by atoms with E-state index in [4.69, 9.17) is 9.47 Å². The number of alkyl halides is 1. The Morgan fingerprint density at radius 3 is 0.926 bits per heavy atom. The molecule has 94 heavy (non-hydrogen) atoms. The summed E-state index contributed by atoms with van der Waals surface area (Å²) in [6.45, 7) is 73.6.